The summed E-state index contributed by atoms with van der Waals surface area (Å²) in [5.41, 5.74) is 1.40. The lowest BCUT2D eigenvalue weighted by molar-refractivity contribution is -0.138. The second-order valence-corrected chi connectivity index (χ2v) is 10.4. The van der Waals surface area contributed by atoms with Crippen molar-refractivity contribution in [1.82, 2.24) is 20.5 Å². The third-order valence-electron chi connectivity index (χ3n) is 7.65. The second-order valence-electron chi connectivity index (χ2n) is 10.4. The van der Waals surface area contributed by atoms with Crippen molar-refractivity contribution in [3.05, 3.63) is 53.6 Å². The largest absolute Gasteiger partial charge is 0.481 e. The third kappa shape index (κ3) is 7.60. The normalized spacial score (nSPS) is 18.7. The highest BCUT2D eigenvalue weighted by Gasteiger charge is 2.31. The number of halogens is 1. The molecule has 0 aliphatic carbocycles. The van der Waals surface area contributed by atoms with Crippen molar-refractivity contribution in [3.63, 3.8) is 0 Å². The lowest BCUT2D eigenvalue weighted by Gasteiger charge is -2.33. The van der Waals surface area contributed by atoms with E-state index in [1.807, 2.05) is 0 Å². The molecule has 2 aromatic rings. The van der Waals surface area contributed by atoms with E-state index in [4.69, 9.17) is 5.26 Å². The number of aromatic nitrogens is 1. The molecule has 3 N–H and O–H groups in total. The maximum Gasteiger partial charge on any atom is 0.305 e. The predicted molar refractivity (Wildman–Crippen MR) is 142 cm³/mol. The molecular formula is C29H34FN5O4. The maximum atomic E-state index is 14.2. The highest BCUT2D eigenvalue weighted by Crippen LogP contribution is 2.27. The minimum absolute atomic E-state index is 0.0691. The summed E-state index contributed by atoms with van der Waals surface area (Å²) in [6, 6.07) is 6.78. The second kappa shape index (κ2) is 13.3. The molecule has 1 aromatic heterocycles. The molecule has 9 nitrogen and oxygen atoms in total. The highest BCUT2D eigenvalue weighted by atomic mass is 18.2. The molecule has 10 heteroatoms. The standard InChI is InChI=1S/C29H34FN5O4/c30-25-13-20(4-5-21(25)15-31)23-12-24(17-33-16-23)26(14-28(37)38)34-29(39)22-2-1-11-35(18-22)27(36)6-3-19-7-9-32-10-8-19/h4-5,12-13,16-17,19,22,26,32H,1-3,6-11,14,18H2,(H,34,39)(H,37,38)/t22-,26+/m1/s1/i30-1. The van der Waals surface area contributed by atoms with Gasteiger partial charge in [-0.05, 0) is 80.4 Å². The molecule has 0 saturated carbocycles. The Balaban J connectivity index is 1.42. The van der Waals surface area contributed by atoms with Gasteiger partial charge in [-0.2, -0.15) is 5.26 Å². The first-order valence-electron chi connectivity index (χ1n) is 13.5. The molecule has 2 saturated heterocycles. The SMILES string of the molecule is N#Cc1ccc(-c2cncc([C@H](CC(=O)O)NC(=O)[C@@H]3CCCN(C(=O)CCC4CCNCC4)C3)c2)cc1[18F]. The molecule has 2 amide bonds. The van der Waals surface area contributed by atoms with E-state index in [1.54, 1.807) is 23.1 Å². The number of carboxylic acids is 1. The molecule has 0 unspecified atom stereocenters. The average Bonchev–Trinajstić information content (AvgIpc) is 2.96. The molecule has 2 aliphatic heterocycles. The van der Waals surface area contributed by atoms with Gasteiger partial charge < -0.3 is 20.6 Å². The molecule has 0 spiro atoms. The minimum Gasteiger partial charge on any atom is -0.481 e. The van der Waals surface area contributed by atoms with E-state index in [0.29, 0.717) is 55.0 Å². The van der Waals surface area contributed by atoms with Crippen LogP contribution in [0.3, 0.4) is 0 Å². The fourth-order valence-corrected chi connectivity index (χ4v) is 5.38. The van der Waals surface area contributed by atoms with Crippen LogP contribution in [0, 0.1) is 29.0 Å². The Morgan fingerprint density at radius 1 is 1.18 bits per heavy atom. The molecule has 3 heterocycles. The molecule has 4 rings (SSSR count). The fourth-order valence-electron chi connectivity index (χ4n) is 5.38. The van der Waals surface area contributed by atoms with Crippen LogP contribution >= 0.6 is 0 Å². The Bertz CT molecular complexity index is 1240. The van der Waals surface area contributed by atoms with Crippen molar-refractivity contribution in [3.8, 4) is 17.2 Å². The zero-order valence-electron chi connectivity index (χ0n) is 21.9. The fraction of sp³-hybridized carbons (Fsp3) is 0.483. The van der Waals surface area contributed by atoms with Crippen LogP contribution in [-0.2, 0) is 14.4 Å². The molecule has 2 atom stereocenters. The van der Waals surface area contributed by atoms with Crippen molar-refractivity contribution in [2.24, 2.45) is 11.8 Å². The first-order chi connectivity index (χ1) is 18.8. The number of nitrogens with one attached hydrogen (secondary N) is 2. The van der Waals surface area contributed by atoms with E-state index in [-0.39, 0.29) is 23.8 Å². The van der Waals surface area contributed by atoms with Crippen molar-refractivity contribution < 1.29 is 23.9 Å². The van der Waals surface area contributed by atoms with Crippen LogP contribution in [0.25, 0.3) is 11.1 Å². The van der Waals surface area contributed by atoms with E-state index in [0.717, 1.165) is 32.4 Å². The molecule has 0 bridgehead atoms. The van der Waals surface area contributed by atoms with Crippen molar-refractivity contribution in [2.45, 2.75) is 51.0 Å². The summed E-state index contributed by atoms with van der Waals surface area (Å²) in [7, 11) is 0. The molecular weight excluding hydrogens is 500 g/mol. The predicted octanol–water partition coefficient (Wildman–Crippen LogP) is 3.41. The summed E-state index contributed by atoms with van der Waals surface area (Å²) in [6.07, 6.45) is 7.47. The van der Waals surface area contributed by atoms with Gasteiger partial charge in [0.15, 0.2) is 0 Å². The van der Waals surface area contributed by atoms with Gasteiger partial charge in [-0.15, -0.1) is 0 Å². The number of piperidine rings is 2. The number of carboxylic acid groups (broad SMARTS) is 1. The van der Waals surface area contributed by atoms with Gasteiger partial charge in [-0.1, -0.05) is 6.07 Å². The van der Waals surface area contributed by atoms with Crippen molar-refractivity contribution >= 4 is 17.8 Å². The Labute approximate surface area is 227 Å². The van der Waals surface area contributed by atoms with Gasteiger partial charge >= 0.3 is 5.97 Å². The first kappa shape index (κ1) is 28.2. The Hall–Kier alpha value is -3.84. The lowest BCUT2D eigenvalue weighted by Crippen LogP contribution is -2.46. The summed E-state index contributed by atoms with van der Waals surface area (Å²) in [4.78, 5) is 43.7. The quantitative estimate of drug-likeness (QED) is 0.449. The van der Waals surface area contributed by atoms with E-state index >= 15 is 0 Å². The molecule has 2 aliphatic rings. The number of amides is 2. The van der Waals surface area contributed by atoms with Crippen molar-refractivity contribution in [1.29, 1.82) is 5.26 Å². The number of benzene rings is 1. The number of aliphatic carboxylic acids is 1. The van der Waals surface area contributed by atoms with Gasteiger partial charge in [-0.3, -0.25) is 19.4 Å². The third-order valence-corrected chi connectivity index (χ3v) is 7.65. The Kier molecular flexibility index (Phi) is 9.60. The maximum absolute atomic E-state index is 14.2. The molecule has 2 fully saturated rings. The van der Waals surface area contributed by atoms with Gasteiger partial charge in [0.25, 0.3) is 0 Å². The van der Waals surface area contributed by atoms with Gasteiger partial charge in [0.05, 0.1) is 23.9 Å². The van der Waals surface area contributed by atoms with E-state index in [9.17, 15) is 23.9 Å². The number of carbonyl (C=O) groups is 3. The molecule has 0 radical (unpaired) electrons. The van der Waals surface area contributed by atoms with E-state index in [2.05, 4.69) is 15.6 Å². The number of likely N-dealkylation sites (tertiary alicyclic amines) is 1. The number of hydrogen-bond donors (Lipinski definition) is 3. The zero-order valence-corrected chi connectivity index (χ0v) is 21.9. The number of hydrogen-bond acceptors (Lipinski definition) is 6. The van der Waals surface area contributed by atoms with Gasteiger partial charge in [-0.25, -0.2) is 4.39 Å². The van der Waals surface area contributed by atoms with E-state index in [1.165, 1.54) is 24.5 Å². The summed E-state index contributed by atoms with van der Waals surface area (Å²) in [5, 5.41) is 24.7. The highest BCUT2D eigenvalue weighted by molar-refractivity contribution is 5.82. The van der Waals surface area contributed by atoms with Crippen LogP contribution < -0.4 is 10.6 Å². The van der Waals surface area contributed by atoms with Crippen LogP contribution in [0.4, 0.5) is 4.39 Å². The van der Waals surface area contributed by atoms with Crippen LogP contribution in [-0.4, -0.2) is 59.0 Å². The summed E-state index contributed by atoms with van der Waals surface area (Å²) in [5.74, 6) is -1.86. The number of pyridine rings is 1. The zero-order chi connectivity index (χ0) is 27.8. The van der Waals surface area contributed by atoms with Crippen LogP contribution in [0.2, 0.25) is 0 Å². The monoisotopic (exact) mass is 534 g/mol. The summed E-state index contributed by atoms with van der Waals surface area (Å²) in [6.45, 7) is 2.93. The van der Waals surface area contributed by atoms with Gasteiger partial charge in [0.1, 0.15) is 11.9 Å². The number of rotatable bonds is 9. The molecule has 39 heavy (non-hydrogen) atoms. The Morgan fingerprint density at radius 3 is 2.69 bits per heavy atom. The van der Waals surface area contributed by atoms with Crippen LogP contribution in [0.15, 0.2) is 36.7 Å². The lowest BCUT2D eigenvalue weighted by atomic mass is 9.92. The summed E-state index contributed by atoms with van der Waals surface area (Å²) >= 11 is 0. The van der Waals surface area contributed by atoms with Gasteiger partial charge in [0.2, 0.25) is 11.8 Å². The van der Waals surface area contributed by atoms with Crippen molar-refractivity contribution in [2.75, 3.05) is 26.2 Å². The number of nitrogens with zero attached hydrogens (tertiary/aromatic N) is 3. The molecule has 206 valence electrons. The van der Waals surface area contributed by atoms with Crippen LogP contribution in [0.5, 0.6) is 0 Å². The topological polar surface area (TPSA) is 135 Å². The minimum atomic E-state index is -1.09. The Morgan fingerprint density at radius 2 is 1.97 bits per heavy atom. The van der Waals surface area contributed by atoms with E-state index < -0.39 is 23.7 Å². The molecule has 1 aromatic carbocycles. The average molecular weight is 535 g/mol. The van der Waals surface area contributed by atoms with Gasteiger partial charge in [0, 0.05) is 37.5 Å². The smallest absolute Gasteiger partial charge is 0.305 e. The van der Waals surface area contributed by atoms with Crippen LogP contribution in [0.1, 0.15) is 62.1 Å². The summed E-state index contributed by atoms with van der Waals surface area (Å²) < 4.78 is 14.2. The first-order valence-corrected chi connectivity index (χ1v) is 13.5. The number of nitriles is 1. The number of carbonyl (C=O) groups excluding carboxylic acids is 2.